The molecule has 1 N–H and O–H groups in total. The summed E-state index contributed by atoms with van der Waals surface area (Å²) in [7, 11) is 0. The highest BCUT2D eigenvalue weighted by Gasteiger charge is 2.16. The third-order valence-electron chi connectivity index (χ3n) is 3.29. The van der Waals surface area contributed by atoms with Crippen molar-refractivity contribution in [2.24, 2.45) is 5.92 Å². The van der Waals surface area contributed by atoms with Gasteiger partial charge in [0.15, 0.2) is 0 Å². The van der Waals surface area contributed by atoms with Crippen molar-refractivity contribution in [3.8, 4) is 0 Å². The molecule has 0 saturated heterocycles. The van der Waals surface area contributed by atoms with E-state index in [1.165, 1.54) is 9.13 Å². The number of aryl methyl sites for hydroxylation is 1. The van der Waals surface area contributed by atoms with E-state index in [1.807, 2.05) is 12.1 Å². The molecule has 1 unspecified atom stereocenters. The summed E-state index contributed by atoms with van der Waals surface area (Å²) in [5.74, 6) is 0.631. The number of halogens is 1. The molecule has 0 aliphatic carbocycles. The molecule has 16 heavy (non-hydrogen) atoms. The van der Waals surface area contributed by atoms with Gasteiger partial charge in [0.1, 0.15) is 0 Å². The van der Waals surface area contributed by atoms with E-state index in [1.54, 1.807) is 0 Å². The second-order valence-electron chi connectivity index (χ2n) is 4.41. The fourth-order valence-electron chi connectivity index (χ4n) is 1.99. The van der Waals surface area contributed by atoms with E-state index in [4.69, 9.17) is 0 Å². The maximum Gasteiger partial charge on any atom is 0.0803 e. The van der Waals surface area contributed by atoms with Gasteiger partial charge < -0.3 is 5.11 Å². The molecule has 0 amide bonds. The summed E-state index contributed by atoms with van der Waals surface area (Å²) in [5, 5.41) is 10.3. The van der Waals surface area contributed by atoms with Crippen LogP contribution >= 0.6 is 22.6 Å². The third-order valence-corrected chi connectivity index (χ3v) is 4.77. The lowest BCUT2D eigenvalue weighted by atomic mass is 9.92. The molecule has 0 aromatic heterocycles. The summed E-state index contributed by atoms with van der Waals surface area (Å²) in [4.78, 5) is 0. The highest BCUT2D eigenvalue weighted by molar-refractivity contribution is 14.1. The molecule has 90 valence electrons. The maximum absolute atomic E-state index is 10.3. The van der Waals surface area contributed by atoms with Crippen LogP contribution in [0.15, 0.2) is 18.2 Å². The van der Waals surface area contributed by atoms with Crippen molar-refractivity contribution < 1.29 is 5.11 Å². The number of hydrogen-bond donors (Lipinski definition) is 1. The quantitative estimate of drug-likeness (QED) is 0.790. The Morgan fingerprint density at radius 1 is 1.25 bits per heavy atom. The minimum Gasteiger partial charge on any atom is -0.388 e. The third kappa shape index (κ3) is 3.45. The van der Waals surface area contributed by atoms with Crippen LogP contribution < -0.4 is 0 Å². The van der Waals surface area contributed by atoms with Gasteiger partial charge >= 0.3 is 0 Å². The molecule has 0 heterocycles. The van der Waals surface area contributed by atoms with Crippen molar-refractivity contribution in [3.63, 3.8) is 0 Å². The molecular weight excluding hydrogens is 311 g/mol. The van der Waals surface area contributed by atoms with Crippen LogP contribution in [0.1, 0.15) is 50.3 Å². The average molecular weight is 332 g/mol. The number of aliphatic hydroxyl groups is 1. The van der Waals surface area contributed by atoms with E-state index in [0.717, 1.165) is 24.8 Å². The Balaban J connectivity index is 2.80. The molecule has 1 aromatic rings. The highest BCUT2D eigenvalue weighted by atomic mass is 127. The van der Waals surface area contributed by atoms with E-state index < -0.39 is 0 Å². The first kappa shape index (κ1) is 14.0. The second kappa shape index (κ2) is 6.60. The van der Waals surface area contributed by atoms with Crippen molar-refractivity contribution in [1.29, 1.82) is 0 Å². The SMILES string of the molecule is CCC(CC)CC(O)c1cccc(C)c1I. The molecule has 2 heteroatoms. The summed E-state index contributed by atoms with van der Waals surface area (Å²) in [6.45, 7) is 6.49. The lowest BCUT2D eigenvalue weighted by Crippen LogP contribution is -2.08. The fraction of sp³-hybridized carbons (Fsp3) is 0.571. The molecule has 0 bridgehead atoms. The van der Waals surface area contributed by atoms with Gasteiger partial charge in [-0.2, -0.15) is 0 Å². The lowest BCUT2D eigenvalue weighted by Gasteiger charge is -2.19. The molecule has 0 fully saturated rings. The smallest absolute Gasteiger partial charge is 0.0803 e. The molecule has 0 radical (unpaired) electrons. The summed E-state index contributed by atoms with van der Waals surface area (Å²) in [6.07, 6.45) is 2.87. The van der Waals surface area contributed by atoms with Crippen LogP contribution in [0.4, 0.5) is 0 Å². The van der Waals surface area contributed by atoms with Crippen molar-refractivity contribution >= 4 is 22.6 Å². The Bertz CT molecular complexity index is 332. The van der Waals surface area contributed by atoms with E-state index in [9.17, 15) is 5.11 Å². The summed E-state index contributed by atoms with van der Waals surface area (Å²) in [5.41, 5.74) is 2.34. The number of rotatable bonds is 5. The van der Waals surface area contributed by atoms with E-state index in [-0.39, 0.29) is 6.10 Å². The van der Waals surface area contributed by atoms with Crippen LogP contribution in [0, 0.1) is 16.4 Å². The molecule has 0 aliphatic rings. The standard InChI is InChI=1S/C14H21IO/c1-4-11(5-2)9-13(16)12-8-6-7-10(3)14(12)15/h6-8,11,13,16H,4-5,9H2,1-3H3. The number of hydrogen-bond acceptors (Lipinski definition) is 1. The summed E-state index contributed by atoms with van der Waals surface area (Å²) >= 11 is 2.33. The summed E-state index contributed by atoms with van der Waals surface area (Å²) in [6, 6.07) is 6.17. The Morgan fingerprint density at radius 3 is 2.44 bits per heavy atom. The molecule has 1 atom stereocenters. The maximum atomic E-state index is 10.3. The van der Waals surface area contributed by atoms with Crippen LogP contribution in [0.5, 0.6) is 0 Å². The van der Waals surface area contributed by atoms with Crippen LogP contribution in [0.2, 0.25) is 0 Å². The Morgan fingerprint density at radius 2 is 1.88 bits per heavy atom. The fourth-order valence-corrected chi connectivity index (χ4v) is 2.71. The predicted octanol–water partition coefficient (Wildman–Crippen LogP) is 4.46. The van der Waals surface area contributed by atoms with Gasteiger partial charge in [-0.3, -0.25) is 0 Å². The molecule has 0 saturated carbocycles. The topological polar surface area (TPSA) is 20.2 Å². The summed E-state index contributed by atoms with van der Waals surface area (Å²) < 4.78 is 1.21. The van der Waals surface area contributed by atoms with Crippen molar-refractivity contribution in [2.75, 3.05) is 0 Å². The van der Waals surface area contributed by atoms with Crippen molar-refractivity contribution in [1.82, 2.24) is 0 Å². The molecule has 1 nitrogen and oxygen atoms in total. The number of aliphatic hydroxyl groups excluding tert-OH is 1. The molecule has 1 aromatic carbocycles. The van der Waals surface area contributed by atoms with E-state index in [0.29, 0.717) is 5.92 Å². The normalized spacial score (nSPS) is 13.1. The van der Waals surface area contributed by atoms with Gasteiger partial charge in [0, 0.05) is 3.57 Å². The van der Waals surface area contributed by atoms with Crippen LogP contribution in [0.25, 0.3) is 0 Å². The largest absolute Gasteiger partial charge is 0.388 e. The second-order valence-corrected chi connectivity index (χ2v) is 5.49. The molecule has 0 aliphatic heterocycles. The average Bonchev–Trinajstić information content (AvgIpc) is 2.29. The Hall–Kier alpha value is -0.0900. The molecule has 1 rings (SSSR count). The van der Waals surface area contributed by atoms with Gasteiger partial charge in [-0.05, 0) is 53.0 Å². The van der Waals surface area contributed by atoms with Gasteiger partial charge in [0.25, 0.3) is 0 Å². The predicted molar refractivity (Wildman–Crippen MR) is 77.5 cm³/mol. The Kier molecular flexibility index (Phi) is 5.76. The Labute approximate surface area is 112 Å². The molecule has 0 spiro atoms. The van der Waals surface area contributed by atoms with Crippen molar-refractivity contribution in [2.45, 2.75) is 46.1 Å². The van der Waals surface area contributed by atoms with E-state index >= 15 is 0 Å². The van der Waals surface area contributed by atoms with Crippen LogP contribution in [-0.2, 0) is 0 Å². The minimum atomic E-state index is -0.309. The first-order valence-electron chi connectivity index (χ1n) is 6.03. The van der Waals surface area contributed by atoms with Gasteiger partial charge in [-0.1, -0.05) is 44.9 Å². The minimum absolute atomic E-state index is 0.309. The van der Waals surface area contributed by atoms with Crippen LogP contribution in [-0.4, -0.2) is 5.11 Å². The lowest BCUT2D eigenvalue weighted by molar-refractivity contribution is 0.140. The monoisotopic (exact) mass is 332 g/mol. The van der Waals surface area contributed by atoms with Gasteiger partial charge in [0.05, 0.1) is 6.10 Å². The zero-order chi connectivity index (χ0) is 12.1. The zero-order valence-electron chi connectivity index (χ0n) is 10.3. The highest BCUT2D eigenvalue weighted by Crippen LogP contribution is 2.29. The first-order valence-corrected chi connectivity index (χ1v) is 7.11. The van der Waals surface area contributed by atoms with Crippen molar-refractivity contribution in [3.05, 3.63) is 32.9 Å². The van der Waals surface area contributed by atoms with Gasteiger partial charge in [-0.25, -0.2) is 0 Å². The van der Waals surface area contributed by atoms with Crippen LogP contribution in [0.3, 0.4) is 0 Å². The number of benzene rings is 1. The first-order chi connectivity index (χ1) is 7.60. The van der Waals surface area contributed by atoms with E-state index in [2.05, 4.69) is 49.4 Å². The van der Waals surface area contributed by atoms with Gasteiger partial charge in [-0.15, -0.1) is 0 Å². The molecular formula is C14H21IO. The van der Waals surface area contributed by atoms with Gasteiger partial charge in [0.2, 0.25) is 0 Å². The zero-order valence-corrected chi connectivity index (χ0v) is 12.5.